The third-order valence-electron chi connectivity index (χ3n) is 0.694. The first-order chi connectivity index (χ1) is 3.70. The molecule has 1 rings (SSSR count). The van der Waals surface area contributed by atoms with Gasteiger partial charge < -0.3 is 5.73 Å². The van der Waals surface area contributed by atoms with Gasteiger partial charge in [0.25, 0.3) is 0 Å². The van der Waals surface area contributed by atoms with Crippen LogP contribution in [0.4, 0.5) is 0 Å². The molecule has 0 aromatic carbocycles. The monoisotopic (exact) mass is 134 g/mol. The number of hydrazine groups is 2. The van der Waals surface area contributed by atoms with Gasteiger partial charge in [0.15, 0.2) is 0 Å². The van der Waals surface area contributed by atoms with Crippen molar-refractivity contribution in [3.63, 3.8) is 0 Å². The Labute approximate surface area is 48.8 Å². The minimum atomic E-state index is -1.22. The summed E-state index contributed by atoms with van der Waals surface area (Å²) in [7, 11) is -1.22. The summed E-state index contributed by atoms with van der Waals surface area (Å²) in [5.74, 6) is 5.39. The molecule has 0 aromatic rings. The summed E-state index contributed by atoms with van der Waals surface area (Å²) >= 11 is 0. The first-order valence-corrected chi connectivity index (χ1v) is 3.10. The van der Waals surface area contributed by atoms with E-state index in [1.807, 2.05) is 0 Å². The van der Waals surface area contributed by atoms with Gasteiger partial charge >= 0.3 is 0 Å². The second kappa shape index (κ2) is 1.73. The van der Waals surface area contributed by atoms with Crippen molar-refractivity contribution in [3.8, 4) is 0 Å². The summed E-state index contributed by atoms with van der Waals surface area (Å²) in [5.41, 5.74) is 5.18. The van der Waals surface area contributed by atoms with Crippen LogP contribution in [-0.2, 0) is 11.0 Å². The minimum absolute atomic E-state index is 0.281. The van der Waals surface area contributed by atoms with Gasteiger partial charge in [-0.1, -0.05) is 0 Å². The zero-order valence-corrected chi connectivity index (χ0v) is 4.81. The van der Waals surface area contributed by atoms with Crippen LogP contribution in [0.5, 0.6) is 0 Å². The van der Waals surface area contributed by atoms with E-state index < -0.39 is 11.0 Å². The Morgan fingerprint density at radius 3 is 2.62 bits per heavy atom. The van der Waals surface area contributed by atoms with E-state index in [1.54, 1.807) is 0 Å². The van der Waals surface area contributed by atoms with Gasteiger partial charge in [0.05, 0.1) is 5.41 Å². The zero-order chi connectivity index (χ0) is 6.15. The smallest absolute Gasteiger partial charge is 0.141 e. The maximum absolute atomic E-state index is 10.4. The van der Waals surface area contributed by atoms with Gasteiger partial charge in [0.2, 0.25) is 0 Å². The number of rotatable bonds is 0. The van der Waals surface area contributed by atoms with Crippen LogP contribution in [0.1, 0.15) is 0 Å². The molecule has 1 atom stereocenters. The molecule has 1 heterocycles. The summed E-state index contributed by atoms with van der Waals surface area (Å²) in [6.07, 6.45) is 0. The topological polar surface area (TPSA) is 84.4 Å². The Morgan fingerprint density at radius 2 is 2.50 bits per heavy atom. The van der Waals surface area contributed by atoms with E-state index in [0.29, 0.717) is 0 Å². The molecule has 5 nitrogen and oxygen atoms in total. The summed E-state index contributed by atoms with van der Waals surface area (Å²) in [4.78, 5) is 2.33. The molecule has 0 spiro atoms. The van der Waals surface area contributed by atoms with Crippen molar-refractivity contribution >= 4 is 11.0 Å². The maximum atomic E-state index is 10.4. The van der Waals surface area contributed by atoms with Gasteiger partial charge in [0.1, 0.15) is 16.8 Å². The summed E-state index contributed by atoms with van der Waals surface area (Å²) in [6, 6.07) is 0. The molecule has 6 heteroatoms. The van der Waals surface area contributed by atoms with Crippen molar-refractivity contribution in [1.29, 1.82) is 0 Å². The van der Waals surface area contributed by atoms with Gasteiger partial charge in [-0.3, -0.25) is 0 Å². The number of nitrogens with one attached hydrogen (secondary N) is 1. The normalized spacial score (nSPS) is 28.4. The van der Waals surface area contributed by atoms with E-state index in [9.17, 15) is 4.21 Å². The zero-order valence-electron chi connectivity index (χ0n) is 4.00. The number of nitrogens with zero attached hydrogens (tertiary/aromatic N) is 1. The average molecular weight is 134 g/mol. The second-order valence-corrected chi connectivity index (χ2v) is 2.31. The lowest BCUT2D eigenvalue weighted by Crippen LogP contribution is -2.40. The molecule has 0 fully saturated rings. The van der Waals surface area contributed by atoms with Crippen LogP contribution in [0.2, 0.25) is 0 Å². The van der Waals surface area contributed by atoms with Crippen LogP contribution in [0.3, 0.4) is 0 Å². The van der Waals surface area contributed by atoms with E-state index >= 15 is 0 Å². The summed E-state index contributed by atoms with van der Waals surface area (Å²) < 4.78 is 10.4. The molecule has 0 bridgehead atoms. The fourth-order valence-corrected chi connectivity index (χ4v) is 1.03. The average Bonchev–Trinajstić information content (AvgIpc) is 1.85. The van der Waals surface area contributed by atoms with Gasteiger partial charge in [-0.2, -0.15) is 0 Å². The molecule has 1 aliphatic heterocycles. The predicted octanol–water partition coefficient (Wildman–Crippen LogP) is -1.90. The highest BCUT2D eigenvalue weighted by Gasteiger charge is 2.11. The van der Waals surface area contributed by atoms with Crippen LogP contribution in [0, 0.1) is 0 Å². The third kappa shape index (κ3) is 0.808. The predicted molar refractivity (Wildman–Crippen MR) is 29.6 cm³/mol. The Hall–Kier alpha value is -0.590. The molecule has 1 aliphatic rings. The Balaban J connectivity index is 2.73. The van der Waals surface area contributed by atoms with E-state index in [1.165, 1.54) is 5.41 Å². The third-order valence-corrected chi connectivity index (χ3v) is 1.53. The molecule has 0 saturated carbocycles. The summed E-state index contributed by atoms with van der Waals surface area (Å²) in [5, 5.41) is 2.33. The molecule has 0 aromatic heterocycles. The van der Waals surface area contributed by atoms with E-state index in [4.69, 9.17) is 11.6 Å². The Kier molecular flexibility index (Phi) is 1.20. The van der Waals surface area contributed by atoms with Gasteiger partial charge in [-0.15, -0.1) is 4.83 Å². The SMILES string of the molecule is NC1=CS(=O)NN1N. The molecule has 5 N–H and O–H groups in total. The first-order valence-electron chi connectivity index (χ1n) is 1.89. The van der Waals surface area contributed by atoms with Crippen LogP contribution in [0.25, 0.3) is 0 Å². The van der Waals surface area contributed by atoms with Gasteiger partial charge in [-0.25, -0.2) is 15.2 Å². The van der Waals surface area contributed by atoms with Crippen LogP contribution in [-0.4, -0.2) is 9.33 Å². The minimum Gasteiger partial charge on any atom is -0.383 e. The molecule has 0 aliphatic carbocycles. The van der Waals surface area contributed by atoms with Crippen LogP contribution >= 0.6 is 0 Å². The lowest BCUT2D eigenvalue weighted by atomic mass is 10.9. The largest absolute Gasteiger partial charge is 0.383 e. The highest BCUT2D eigenvalue weighted by molar-refractivity contribution is 7.86. The highest BCUT2D eigenvalue weighted by Crippen LogP contribution is 1.96. The van der Waals surface area contributed by atoms with Crippen molar-refractivity contribution in [3.05, 3.63) is 11.2 Å². The molecule has 0 radical (unpaired) electrons. The van der Waals surface area contributed by atoms with Gasteiger partial charge in [-0.05, 0) is 0 Å². The van der Waals surface area contributed by atoms with Crippen molar-refractivity contribution < 1.29 is 4.21 Å². The second-order valence-electron chi connectivity index (χ2n) is 1.30. The van der Waals surface area contributed by atoms with Crippen molar-refractivity contribution in [1.82, 2.24) is 9.95 Å². The molecule has 0 saturated heterocycles. The summed E-state index contributed by atoms with van der Waals surface area (Å²) in [6.45, 7) is 0. The molecule has 1 unspecified atom stereocenters. The van der Waals surface area contributed by atoms with Gasteiger partial charge in [0, 0.05) is 0 Å². The highest BCUT2D eigenvalue weighted by atomic mass is 32.2. The lowest BCUT2D eigenvalue weighted by Gasteiger charge is -2.07. The molecule has 46 valence electrons. The Morgan fingerprint density at radius 1 is 1.88 bits per heavy atom. The van der Waals surface area contributed by atoms with E-state index in [-0.39, 0.29) is 5.82 Å². The standard InChI is InChI=1S/C2H6N4OS/c3-2-1-8(7)5-6(2)4/h1,5H,3-4H2. The fraction of sp³-hybridized carbons (Fsp3) is 0. The van der Waals surface area contributed by atoms with Crippen molar-refractivity contribution in [2.75, 3.05) is 0 Å². The molecule has 8 heavy (non-hydrogen) atoms. The molecule has 0 amide bonds. The van der Waals surface area contributed by atoms with E-state index in [2.05, 4.69) is 4.83 Å². The van der Waals surface area contributed by atoms with Crippen LogP contribution in [0.15, 0.2) is 11.2 Å². The van der Waals surface area contributed by atoms with E-state index in [0.717, 1.165) is 5.12 Å². The fourth-order valence-electron chi connectivity index (χ4n) is 0.342. The number of nitrogens with two attached hydrogens (primary N) is 2. The Bertz CT molecular complexity index is 154. The lowest BCUT2D eigenvalue weighted by molar-refractivity contribution is 0.336. The maximum Gasteiger partial charge on any atom is 0.141 e. The van der Waals surface area contributed by atoms with Crippen molar-refractivity contribution in [2.45, 2.75) is 0 Å². The number of hydrogen-bond donors (Lipinski definition) is 3. The molecular weight excluding hydrogens is 128 g/mol. The molecular formula is C2H6N4OS. The quantitative estimate of drug-likeness (QED) is 0.338. The van der Waals surface area contributed by atoms with Crippen molar-refractivity contribution in [2.24, 2.45) is 11.6 Å². The van der Waals surface area contributed by atoms with Crippen LogP contribution < -0.4 is 16.4 Å². The first kappa shape index (κ1) is 5.54. The number of hydrogen-bond acceptors (Lipinski definition) is 4.